The Hall–Kier alpha value is -3.27. The van der Waals surface area contributed by atoms with Crippen molar-refractivity contribution in [1.82, 2.24) is 14.8 Å². The SMILES string of the molecule is CCS(=O)(=O)c1cc(-c2cccc(F)c2)cnc1-n1cc2ccc(C(F)(F)F)cc2n1. The Bertz CT molecular complexity index is 1400. The van der Waals surface area contributed by atoms with E-state index in [1.165, 1.54) is 49.6 Å². The van der Waals surface area contributed by atoms with E-state index >= 15 is 0 Å². The molecule has 0 unspecified atom stereocenters. The second-order valence-corrected chi connectivity index (χ2v) is 9.05. The van der Waals surface area contributed by atoms with Crippen LogP contribution in [0, 0.1) is 5.82 Å². The van der Waals surface area contributed by atoms with Crippen LogP contribution < -0.4 is 0 Å². The van der Waals surface area contributed by atoms with E-state index in [1.807, 2.05) is 0 Å². The van der Waals surface area contributed by atoms with Gasteiger partial charge in [-0.3, -0.25) is 0 Å². The van der Waals surface area contributed by atoms with E-state index in [0.717, 1.165) is 16.8 Å². The van der Waals surface area contributed by atoms with E-state index in [1.54, 1.807) is 6.07 Å². The molecule has 0 aliphatic carbocycles. The fourth-order valence-corrected chi connectivity index (χ4v) is 4.16. The lowest BCUT2D eigenvalue weighted by Gasteiger charge is -2.11. The number of sulfone groups is 1. The topological polar surface area (TPSA) is 64.8 Å². The van der Waals surface area contributed by atoms with Gasteiger partial charge in [-0.25, -0.2) is 22.5 Å². The van der Waals surface area contributed by atoms with Crippen molar-refractivity contribution in [2.75, 3.05) is 5.75 Å². The Labute approximate surface area is 174 Å². The van der Waals surface area contributed by atoms with Crippen molar-refractivity contribution < 1.29 is 26.0 Å². The third kappa shape index (κ3) is 4.02. The molecule has 0 bridgehead atoms. The van der Waals surface area contributed by atoms with Crippen LogP contribution in [0.1, 0.15) is 12.5 Å². The molecule has 4 rings (SSSR count). The second kappa shape index (κ2) is 7.45. The summed E-state index contributed by atoms with van der Waals surface area (Å²) in [7, 11) is -3.78. The number of hydrogen-bond donors (Lipinski definition) is 0. The normalized spacial score (nSPS) is 12.4. The molecule has 2 aromatic carbocycles. The molecule has 0 fully saturated rings. The first-order valence-corrected chi connectivity index (χ1v) is 10.8. The van der Waals surface area contributed by atoms with Crippen LogP contribution in [0.3, 0.4) is 0 Å². The first-order valence-electron chi connectivity index (χ1n) is 9.14. The van der Waals surface area contributed by atoms with Crippen LogP contribution in [-0.2, 0) is 16.0 Å². The number of nitrogens with zero attached hydrogens (tertiary/aromatic N) is 3. The minimum Gasteiger partial charge on any atom is -0.235 e. The van der Waals surface area contributed by atoms with Gasteiger partial charge < -0.3 is 0 Å². The highest BCUT2D eigenvalue weighted by atomic mass is 32.2. The molecule has 0 saturated heterocycles. The van der Waals surface area contributed by atoms with Crippen LogP contribution in [0.5, 0.6) is 0 Å². The Morgan fingerprint density at radius 3 is 2.48 bits per heavy atom. The number of pyridine rings is 1. The molecule has 0 amide bonds. The smallest absolute Gasteiger partial charge is 0.235 e. The summed E-state index contributed by atoms with van der Waals surface area (Å²) in [4.78, 5) is 4.06. The molecule has 0 aliphatic heterocycles. The zero-order chi connectivity index (χ0) is 22.4. The third-order valence-corrected chi connectivity index (χ3v) is 6.49. The van der Waals surface area contributed by atoms with Crippen LogP contribution in [0.15, 0.2) is 65.8 Å². The molecule has 31 heavy (non-hydrogen) atoms. The fraction of sp³-hybridized carbons (Fsp3) is 0.143. The fourth-order valence-electron chi connectivity index (χ4n) is 3.12. The average molecular weight is 449 g/mol. The van der Waals surface area contributed by atoms with Gasteiger partial charge in [-0.05, 0) is 35.9 Å². The maximum atomic E-state index is 13.6. The molecule has 0 aliphatic rings. The van der Waals surface area contributed by atoms with E-state index in [9.17, 15) is 26.0 Å². The maximum absolute atomic E-state index is 13.6. The standard InChI is InChI=1S/C21H15F4N3O2S/c1-2-31(29,30)19-9-15(13-4-3-5-17(22)8-13)11-26-20(19)28-12-14-6-7-16(21(23,24)25)10-18(14)27-28/h3-12H,2H2,1H3. The molecule has 2 aromatic heterocycles. The summed E-state index contributed by atoms with van der Waals surface area (Å²) in [5.41, 5.74) is 0.00475. The monoisotopic (exact) mass is 449 g/mol. The summed E-state index contributed by atoms with van der Waals surface area (Å²) in [6.07, 6.45) is -1.75. The number of fused-ring (bicyclic) bond motifs is 1. The molecule has 4 aromatic rings. The largest absolute Gasteiger partial charge is 0.416 e. The van der Waals surface area contributed by atoms with Gasteiger partial charge >= 0.3 is 6.18 Å². The molecular formula is C21H15F4N3O2S. The van der Waals surface area contributed by atoms with Gasteiger partial charge in [0.2, 0.25) is 0 Å². The Kier molecular flexibility index (Phi) is 5.04. The van der Waals surface area contributed by atoms with E-state index in [0.29, 0.717) is 16.5 Å². The summed E-state index contributed by atoms with van der Waals surface area (Å²) in [5, 5.41) is 4.50. The minimum absolute atomic E-state index is 0.0469. The van der Waals surface area contributed by atoms with Crippen molar-refractivity contribution in [3.05, 3.63) is 72.3 Å². The highest BCUT2D eigenvalue weighted by Gasteiger charge is 2.31. The van der Waals surface area contributed by atoms with E-state index < -0.39 is 27.4 Å². The number of halogens is 4. The molecule has 0 radical (unpaired) electrons. The lowest BCUT2D eigenvalue weighted by Crippen LogP contribution is -2.11. The van der Waals surface area contributed by atoms with Gasteiger partial charge in [0, 0.05) is 23.3 Å². The van der Waals surface area contributed by atoms with Crippen LogP contribution in [0.2, 0.25) is 0 Å². The zero-order valence-corrected chi connectivity index (χ0v) is 16.9. The second-order valence-electron chi connectivity index (χ2n) is 6.80. The molecule has 0 saturated carbocycles. The number of hydrogen-bond acceptors (Lipinski definition) is 4. The molecular weight excluding hydrogens is 434 g/mol. The van der Waals surface area contributed by atoms with Crippen molar-refractivity contribution >= 4 is 20.7 Å². The molecule has 5 nitrogen and oxygen atoms in total. The van der Waals surface area contributed by atoms with E-state index in [4.69, 9.17) is 0 Å². The van der Waals surface area contributed by atoms with Crippen molar-refractivity contribution in [1.29, 1.82) is 0 Å². The lowest BCUT2D eigenvalue weighted by atomic mass is 10.1. The predicted molar refractivity (Wildman–Crippen MR) is 107 cm³/mol. The lowest BCUT2D eigenvalue weighted by molar-refractivity contribution is -0.137. The van der Waals surface area contributed by atoms with Gasteiger partial charge in [0.15, 0.2) is 15.7 Å². The molecule has 2 heterocycles. The number of alkyl halides is 3. The highest BCUT2D eigenvalue weighted by molar-refractivity contribution is 7.91. The summed E-state index contributed by atoms with van der Waals surface area (Å²) < 4.78 is 79.2. The summed E-state index contributed by atoms with van der Waals surface area (Å²) in [6, 6.07) is 10.1. The summed E-state index contributed by atoms with van der Waals surface area (Å²) >= 11 is 0. The van der Waals surface area contributed by atoms with Crippen LogP contribution in [-0.4, -0.2) is 28.9 Å². The molecule has 160 valence electrons. The van der Waals surface area contributed by atoms with Gasteiger partial charge in [0.25, 0.3) is 0 Å². The van der Waals surface area contributed by atoms with Gasteiger partial charge in [0.1, 0.15) is 10.7 Å². The highest BCUT2D eigenvalue weighted by Crippen LogP contribution is 2.32. The van der Waals surface area contributed by atoms with Crippen molar-refractivity contribution in [2.24, 2.45) is 0 Å². The summed E-state index contributed by atoms with van der Waals surface area (Å²) in [6.45, 7) is 1.46. The first-order chi connectivity index (χ1) is 14.6. The van der Waals surface area contributed by atoms with Crippen molar-refractivity contribution in [2.45, 2.75) is 18.0 Å². The quantitative estimate of drug-likeness (QED) is 0.410. The van der Waals surface area contributed by atoms with Gasteiger partial charge in [-0.1, -0.05) is 25.1 Å². The number of benzene rings is 2. The van der Waals surface area contributed by atoms with Crippen LogP contribution in [0.25, 0.3) is 27.8 Å². The van der Waals surface area contributed by atoms with Crippen molar-refractivity contribution in [3.63, 3.8) is 0 Å². The van der Waals surface area contributed by atoms with Gasteiger partial charge in [-0.15, -0.1) is 0 Å². The predicted octanol–water partition coefficient (Wildman–Crippen LogP) is 5.04. The summed E-state index contributed by atoms with van der Waals surface area (Å²) in [5.74, 6) is -0.764. The third-order valence-electron chi connectivity index (χ3n) is 4.76. The van der Waals surface area contributed by atoms with E-state index in [2.05, 4.69) is 10.1 Å². The Morgan fingerprint density at radius 2 is 1.81 bits per heavy atom. The first kappa shape index (κ1) is 21.0. The van der Waals surface area contributed by atoms with E-state index in [-0.39, 0.29) is 22.0 Å². The molecule has 10 heteroatoms. The van der Waals surface area contributed by atoms with Gasteiger partial charge in [0.05, 0.1) is 16.8 Å². The van der Waals surface area contributed by atoms with Crippen LogP contribution >= 0.6 is 0 Å². The van der Waals surface area contributed by atoms with Gasteiger partial charge in [-0.2, -0.15) is 18.3 Å². The number of aromatic nitrogens is 3. The molecule has 0 atom stereocenters. The Balaban J connectivity index is 1.90. The number of rotatable bonds is 4. The minimum atomic E-state index is -4.53. The average Bonchev–Trinajstić information content (AvgIpc) is 3.16. The van der Waals surface area contributed by atoms with Crippen molar-refractivity contribution in [3.8, 4) is 16.9 Å². The zero-order valence-electron chi connectivity index (χ0n) is 16.1. The molecule has 0 spiro atoms. The maximum Gasteiger partial charge on any atom is 0.416 e. The van der Waals surface area contributed by atoms with Crippen LogP contribution in [0.4, 0.5) is 17.6 Å². The Morgan fingerprint density at radius 1 is 1.03 bits per heavy atom. The molecule has 0 N–H and O–H groups in total.